The number of nitrogens with zero attached hydrogens (tertiary/aromatic N) is 3. The predicted octanol–water partition coefficient (Wildman–Crippen LogP) is 19.1. The molecule has 0 spiro atoms. The summed E-state index contributed by atoms with van der Waals surface area (Å²) in [6.45, 7) is 13.8. The average molecular weight is 984 g/mol. The van der Waals surface area contributed by atoms with Crippen LogP contribution in [0.1, 0.15) is 88.6 Å². The molecule has 3 aliphatic rings. The van der Waals surface area contributed by atoms with Crippen LogP contribution in [0.25, 0.3) is 89.1 Å². The summed E-state index contributed by atoms with van der Waals surface area (Å²) >= 11 is 0. The van der Waals surface area contributed by atoms with Gasteiger partial charge in [0.15, 0.2) is 5.82 Å². The molecule has 0 radical (unpaired) electrons. The van der Waals surface area contributed by atoms with Crippen LogP contribution in [0.3, 0.4) is 0 Å². The third kappa shape index (κ3) is 8.62. The summed E-state index contributed by atoms with van der Waals surface area (Å²) < 4.78 is 9.11. The van der Waals surface area contributed by atoms with Crippen LogP contribution in [0.4, 0.5) is 0 Å². The molecule has 0 saturated heterocycles. The van der Waals surface area contributed by atoms with Gasteiger partial charge in [-0.05, 0) is 128 Å². The van der Waals surface area contributed by atoms with E-state index in [2.05, 4.69) is 265 Å². The summed E-state index contributed by atoms with van der Waals surface area (Å²) in [5.41, 5.74) is 20.5. The Hall–Kier alpha value is -8.60. The van der Waals surface area contributed by atoms with Crippen LogP contribution < -0.4 is 4.74 Å². The molecule has 1 unspecified atom stereocenters. The smallest absolute Gasteiger partial charge is 0.160 e. The van der Waals surface area contributed by atoms with Crippen LogP contribution in [-0.4, -0.2) is 14.5 Å². The number of para-hydroxylation sites is 1. The van der Waals surface area contributed by atoms with E-state index in [-0.39, 0.29) is 22.7 Å². The Kier molecular flexibility index (Phi) is 11.6. The zero-order chi connectivity index (χ0) is 51.7. The van der Waals surface area contributed by atoms with Crippen molar-refractivity contribution in [3.05, 3.63) is 258 Å². The Bertz CT molecular complexity index is 3910. The van der Waals surface area contributed by atoms with Gasteiger partial charge in [0.25, 0.3) is 0 Å². The SMILES string of the molecule is CC(C)(C)C1=CC[C@H](c2cc(-c3cc(C4=CCC5C(=C4)Oc4ccccc45)nc(-c4ccccc4)n3)cc(-c3ccc(C(C)(C)C)cc3)c2-n2c3ccc(-c4ccccc4)cc3c3cc(-c4ccccc4)ccc32)C=C1. The van der Waals surface area contributed by atoms with Gasteiger partial charge in [0.1, 0.15) is 11.5 Å². The molecule has 3 heterocycles. The lowest BCUT2D eigenvalue weighted by Gasteiger charge is -2.28. The molecule has 8 aromatic carbocycles. The Morgan fingerprint density at radius 1 is 0.487 bits per heavy atom. The second-order valence-corrected chi connectivity index (χ2v) is 22.9. The highest BCUT2D eigenvalue weighted by atomic mass is 16.5. The van der Waals surface area contributed by atoms with Gasteiger partial charge in [-0.1, -0.05) is 211 Å². The van der Waals surface area contributed by atoms with E-state index in [1.54, 1.807) is 0 Å². The van der Waals surface area contributed by atoms with Crippen LogP contribution in [0.5, 0.6) is 5.75 Å². The van der Waals surface area contributed by atoms with Crippen molar-refractivity contribution in [2.45, 2.75) is 71.6 Å². The van der Waals surface area contributed by atoms with E-state index in [0.717, 1.165) is 74.6 Å². The van der Waals surface area contributed by atoms with Crippen molar-refractivity contribution < 1.29 is 4.74 Å². The van der Waals surface area contributed by atoms with Gasteiger partial charge in [-0.15, -0.1) is 0 Å². The van der Waals surface area contributed by atoms with Gasteiger partial charge in [0.05, 0.1) is 28.1 Å². The number of aromatic nitrogens is 3. The second-order valence-electron chi connectivity index (χ2n) is 22.9. The van der Waals surface area contributed by atoms with Gasteiger partial charge in [0, 0.05) is 44.9 Å². The maximum Gasteiger partial charge on any atom is 0.160 e. The number of allylic oxidation sites excluding steroid dienone is 8. The highest BCUT2D eigenvalue weighted by molar-refractivity contribution is 6.12. The standard InChI is InChI=1S/C72H61N3O/c1-71(2,3)55-33-26-48(27-34-55)59-42-54(64-45-63(73-70(74-64)50-22-14-9-15-23-50)53-30-37-58-57-24-16-17-25-67(57)76-68(58)44-53)43-60(49-28-35-56(36-29-49)72(4,5)6)69(59)75-65-38-31-51(46-18-10-7-11-19-46)40-61(65)62-41-52(32-39-66(62)75)47-20-12-8-13-21-47/h7-28,30-36,38-45,49,58H,29,37H2,1-6H3/t49-,58?/m1/s1. The highest BCUT2D eigenvalue weighted by Crippen LogP contribution is 2.49. The molecule has 13 rings (SSSR count). The van der Waals surface area contributed by atoms with Gasteiger partial charge in [-0.2, -0.15) is 0 Å². The maximum atomic E-state index is 6.53. The molecule has 10 aromatic rings. The number of hydrogen-bond acceptors (Lipinski definition) is 3. The molecule has 2 atom stereocenters. The number of benzene rings is 8. The Morgan fingerprint density at radius 3 is 1.68 bits per heavy atom. The van der Waals surface area contributed by atoms with E-state index in [1.165, 1.54) is 61.0 Å². The molecule has 0 amide bonds. The third-order valence-corrected chi connectivity index (χ3v) is 15.9. The van der Waals surface area contributed by atoms with E-state index >= 15 is 0 Å². The molecule has 76 heavy (non-hydrogen) atoms. The van der Waals surface area contributed by atoms with Crippen LogP contribution >= 0.6 is 0 Å². The molecule has 0 fully saturated rings. The van der Waals surface area contributed by atoms with Crippen molar-refractivity contribution in [2.24, 2.45) is 5.41 Å². The van der Waals surface area contributed by atoms with Crippen molar-refractivity contribution in [2.75, 3.05) is 0 Å². The highest BCUT2D eigenvalue weighted by Gasteiger charge is 2.32. The van der Waals surface area contributed by atoms with Gasteiger partial charge in [0.2, 0.25) is 0 Å². The van der Waals surface area contributed by atoms with Crippen molar-refractivity contribution in [3.63, 3.8) is 0 Å². The molecule has 1 aliphatic heterocycles. The topological polar surface area (TPSA) is 39.9 Å². The van der Waals surface area contributed by atoms with E-state index < -0.39 is 0 Å². The van der Waals surface area contributed by atoms with E-state index in [4.69, 9.17) is 14.7 Å². The lowest BCUT2D eigenvalue weighted by Crippen LogP contribution is -2.13. The van der Waals surface area contributed by atoms with E-state index in [0.29, 0.717) is 5.82 Å². The summed E-state index contributed by atoms with van der Waals surface area (Å²) in [6.07, 6.45) is 13.5. The van der Waals surface area contributed by atoms with Crippen molar-refractivity contribution in [1.82, 2.24) is 14.5 Å². The molecule has 370 valence electrons. The molecule has 0 N–H and O–H groups in total. The molecular weight excluding hydrogens is 923 g/mol. The van der Waals surface area contributed by atoms with Crippen LogP contribution in [0.2, 0.25) is 0 Å². The van der Waals surface area contributed by atoms with Gasteiger partial charge >= 0.3 is 0 Å². The summed E-state index contributed by atoms with van der Waals surface area (Å²) in [5.74, 6) is 2.86. The summed E-state index contributed by atoms with van der Waals surface area (Å²) in [6, 6.07) is 70.9. The summed E-state index contributed by atoms with van der Waals surface area (Å²) in [7, 11) is 0. The minimum Gasteiger partial charge on any atom is -0.461 e. The monoisotopic (exact) mass is 983 g/mol. The van der Waals surface area contributed by atoms with Crippen molar-refractivity contribution in [1.29, 1.82) is 0 Å². The largest absolute Gasteiger partial charge is 0.461 e. The first kappa shape index (κ1) is 47.1. The molecule has 2 aromatic heterocycles. The fourth-order valence-electron chi connectivity index (χ4n) is 11.7. The minimum absolute atomic E-state index is 0.0151. The zero-order valence-corrected chi connectivity index (χ0v) is 44.2. The quantitative estimate of drug-likeness (QED) is 0.152. The lowest BCUT2D eigenvalue weighted by atomic mass is 9.79. The normalized spacial score (nSPS) is 16.2. The third-order valence-electron chi connectivity index (χ3n) is 15.9. The van der Waals surface area contributed by atoms with Crippen LogP contribution in [0.15, 0.2) is 236 Å². The van der Waals surface area contributed by atoms with Crippen LogP contribution in [-0.2, 0) is 5.41 Å². The molecule has 0 bridgehead atoms. The summed E-state index contributed by atoms with van der Waals surface area (Å²) in [5, 5.41) is 2.43. The zero-order valence-electron chi connectivity index (χ0n) is 44.2. The van der Waals surface area contributed by atoms with Crippen molar-refractivity contribution >= 4 is 27.4 Å². The molecule has 2 aliphatic carbocycles. The molecule has 0 saturated carbocycles. The fraction of sp³-hybridized carbons (Fsp3) is 0.167. The first-order valence-electron chi connectivity index (χ1n) is 26.9. The molecule has 4 nitrogen and oxygen atoms in total. The van der Waals surface area contributed by atoms with E-state index in [1.807, 2.05) is 6.07 Å². The number of rotatable bonds is 8. The lowest BCUT2D eigenvalue weighted by molar-refractivity contribution is 0.426. The number of hydrogen-bond donors (Lipinski definition) is 0. The fourth-order valence-corrected chi connectivity index (χ4v) is 11.7. The van der Waals surface area contributed by atoms with Crippen molar-refractivity contribution in [3.8, 4) is 67.5 Å². The van der Waals surface area contributed by atoms with Crippen LogP contribution in [0, 0.1) is 5.41 Å². The molecule has 4 heteroatoms. The molecular formula is C72H61N3O. The Labute approximate surface area is 447 Å². The average Bonchev–Trinajstić information content (AvgIpc) is 4.00. The van der Waals surface area contributed by atoms with Gasteiger partial charge in [-0.3, -0.25) is 0 Å². The second kappa shape index (κ2) is 18.7. The number of ether oxygens (including phenoxy) is 1. The first-order valence-corrected chi connectivity index (χ1v) is 26.9. The maximum absolute atomic E-state index is 6.53. The predicted molar refractivity (Wildman–Crippen MR) is 317 cm³/mol. The minimum atomic E-state index is -0.0151. The summed E-state index contributed by atoms with van der Waals surface area (Å²) in [4.78, 5) is 10.9. The van der Waals surface area contributed by atoms with Gasteiger partial charge < -0.3 is 9.30 Å². The Morgan fingerprint density at radius 2 is 1.08 bits per heavy atom. The Balaban J connectivity index is 1.09. The van der Waals surface area contributed by atoms with E-state index in [9.17, 15) is 0 Å². The number of fused-ring (bicyclic) bond motifs is 6. The first-order chi connectivity index (χ1) is 36.9. The van der Waals surface area contributed by atoms with Gasteiger partial charge in [-0.25, -0.2) is 9.97 Å².